The van der Waals surface area contributed by atoms with E-state index in [1.807, 2.05) is 0 Å². The molecule has 1 saturated heterocycles. The van der Waals surface area contributed by atoms with Crippen LogP contribution in [0.15, 0.2) is 24.3 Å². The van der Waals surface area contributed by atoms with Crippen molar-refractivity contribution in [3.8, 4) is 0 Å². The van der Waals surface area contributed by atoms with Crippen molar-refractivity contribution in [1.29, 1.82) is 0 Å². The minimum absolute atomic E-state index is 0.596. The van der Waals surface area contributed by atoms with E-state index in [9.17, 15) is 0 Å². The summed E-state index contributed by atoms with van der Waals surface area (Å²) < 4.78 is 0. The number of hydrogen-bond acceptors (Lipinski definition) is 2. The highest BCUT2D eigenvalue weighted by Crippen LogP contribution is 2.14. The summed E-state index contributed by atoms with van der Waals surface area (Å²) >= 11 is 0. The van der Waals surface area contributed by atoms with Crippen LogP contribution in [0.4, 0.5) is 0 Å². The minimum Gasteiger partial charge on any atom is -0.311 e. The molecule has 0 spiro atoms. The molecule has 1 aliphatic heterocycles. The van der Waals surface area contributed by atoms with Gasteiger partial charge in [0, 0.05) is 31.7 Å². The van der Waals surface area contributed by atoms with Gasteiger partial charge in [-0.05, 0) is 31.4 Å². The Hall–Kier alpha value is -0.860. The van der Waals surface area contributed by atoms with Crippen LogP contribution in [0.3, 0.4) is 0 Å². The van der Waals surface area contributed by atoms with Crippen LogP contribution in [-0.4, -0.2) is 30.1 Å². The Morgan fingerprint density at radius 2 is 1.82 bits per heavy atom. The van der Waals surface area contributed by atoms with E-state index in [2.05, 4.69) is 55.3 Å². The fourth-order valence-electron chi connectivity index (χ4n) is 2.46. The standard InChI is InChI=1S/C15H24N2/c1-4-14-5-7-15(8-6-14)11-17-10-9-16-12(2)13(17)3/h5-8,12-13,16H,4,9-11H2,1-3H3. The van der Waals surface area contributed by atoms with Gasteiger partial charge in [-0.1, -0.05) is 31.2 Å². The molecule has 2 nitrogen and oxygen atoms in total. The number of nitrogens with zero attached hydrogens (tertiary/aromatic N) is 1. The average Bonchev–Trinajstić information content (AvgIpc) is 2.36. The van der Waals surface area contributed by atoms with E-state index in [1.165, 1.54) is 11.1 Å². The fourth-order valence-corrected chi connectivity index (χ4v) is 2.46. The predicted octanol–water partition coefficient (Wildman–Crippen LogP) is 2.43. The second-order valence-electron chi connectivity index (χ2n) is 5.12. The molecule has 2 unspecified atom stereocenters. The first-order valence-electron chi connectivity index (χ1n) is 6.76. The van der Waals surface area contributed by atoms with Gasteiger partial charge in [-0.2, -0.15) is 0 Å². The molecule has 0 aliphatic carbocycles. The molecule has 0 saturated carbocycles. The third kappa shape index (κ3) is 3.08. The summed E-state index contributed by atoms with van der Waals surface area (Å²) in [7, 11) is 0. The second kappa shape index (κ2) is 5.65. The van der Waals surface area contributed by atoms with Crippen LogP contribution in [0.5, 0.6) is 0 Å². The van der Waals surface area contributed by atoms with Gasteiger partial charge >= 0.3 is 0 Å². The highest BCUT2D eigenvalue weighted by atomic mass is 15.2. The summed E-state index contributed by atoms with van der Waals surface area (Å²) in [4.78, 5) is 2.57. The summed E-state index contributed by atoms with van der Waals surface area (Å²) in [6.07, 6.45) is 1.13. The molecule has 17 heavy (non-hydrogen) atoms. The lowest BCUT2D eigenvalue weighted by molar-refractivity contribution is 0.131. The third-order valence-electron chi connectivity index (χ3n) is 3.98. The van der Waals surface area contributed by atoms with Gasteiger partial charge < -0.3 is 5.32 Å². The van der Waals surface area contributed by atoms with Crippen LogP contribution in [0.25, 0.3) is 0 Å². The van der Waals surface area contributed by atoms with E-state index in [0.717, 1.165) is 26.1 Å². The third-order valence-corrected chi connectivity index (χ3v) is 3.98. The molecule has 1 aromatic rings. The van der Waals surface area contributed by atoms with Gasteiger partial charge in [0.15, 0.2) is 0 Å². The maximum atomic E-state index is 3.52. The van der Waals surface area contributed by atoms with Crippen molar-refractivity contribution in [1.82, 2.24) is 10.2 Å². The van der Waals surface area contributed by atoms with Crippen LogP contribution < -0.4 is 5.32 Å². The maximum absolute atomic E-state index is 3.52. The van der Waals surface area contributed by atoms with E-state index in [4.69, 9.17) is 0 Å². The normalized spacial score (nSPS) is 26.1. The molecule has 1 aliphatic rings. The van der Waals surface area contributed by atoms with Crippen LogP contribution in [0.2, 0.25) is 0 Å². The van der Waals surface area contributed by atoms with Crippen LogP contribution in [0.1, 0.15) is 31.9 Å². The maximum Gasteiger partial charge on any atom is 0.0237 e. The van der Waals surface area contributed by atoms with Gasteiger partial charge in [0.25, 0.3) is 0 Å². The average molecular weight is 232 g/mol. The van der Waals surface area contributed by atoms with Gasteiger partial charge in [-0.3, -0.25) is 4.90 Å². The smallest absolute Gasteiger partial charge is 0.0237 e. The monoisotopic (exact) mass is 232 g/mol. The van der Waals surface area contributed by atoms with Crippen molar-refractivity contribution >= 4 is 0 Å². The largest absolute Gasteiger partial charge is 0.311 e. The summed E-state index contributed by atoms with van der Waals surface area (Å²) in [6, 6.07) is 10.3. The lowest BCUT2D eigenvalue weighted by atomic mass is 10.0. The molecular formula is C15H24N2. The van der Waals surface area contributed by atoms with Crippen LogP contribution in [-0.2, 0) is 13.0 Å². The van der Waals surface area contributed by atoms with Crippen molar-refractivity contribution in [3.63, 3.8) is 0 Å². The Morgan fingerprint density at radius 3 is 2.47 bits per heavy atom. The van der Waals surface area contributed by atoms with Crippen molar-refractivity contribution in [2.75, 3.05) is 13.1 Å². The molecule has 2 rings (SSSR count). The molecule has 0 radical (unpaired) electrons. The van der Waals surface area contributed by atoms with E-state index >= 15 is 0 Å². The molecule has 94 valence electrons. The Labute approximate surface area is 105 Å². The van der Waals surface area contributed by atoms with Gasteiger partial charge in [0.2, 0.25) is 0 Å². The Morgan fingerprint density at radius 1 is 1.18 bits per heavy atom. The number of aryl methyl sites for hydroxylation is 1. The zero-order valence-corrected chi connectivity index (χ0v) is 11.2. The quantitative estimate of drug-likeness (QED) is 0.861. The summed E-state index contributed by atoms with van der Waals surface area (Å²) in [6.45, 7) is 10.1. The van der Waals surface area contributed by atoms with Gasteiger partial charge in [0.05, 0.1) is 0 Å². The number of rotatable bonds is 3. The van der Waals surface area contributed by atoms with Gasteiger partial charge in [0.1, 0.15) is 0 Å². The second-order valence-corrected chi connectivity index (χ2v) is 5.12. The highest BCUT2D eigenvalue weighted by molar-refractivity contribution is 5.22. The van der Waals surface area contributed by atoms with Crippen molar-refractivity contribution in [2.45, 2.75) is 45.8 Å². The van der Waals surface area contributed by atoms with Crippen LogP contribution >= 0.6 is 0 Å². The van der Waals surface area contributed by atoms with E-state index in [-0.39, 0.29) is 0 Å². The Balaban J connectivity index is 1.99. The SMILES string of the molecule is CCc1ccc(CN2CCNC(C)C2C)cc1. The van der Waals surface area contributed by atoms with E-state index in [1.54, 1.807) is 0 Å². The van der Waals surface area contributed by atoms with Crippen molar-refractivity contribution in [2.24, 2.45) is 0 Å². The molecule has 1 N–H and O–H groups in total. The predicted molar refractivity (Wildman–Crippen MR) is 73.2 cm³/mol. The number of benzene rings is 1. The zero-order chi connectivity index (χ0) is 12.3. The first-order chi connectivity index (χ1) is 8.20. The lowest BCUT2D eigenvalue weighted by Gasteiger charge is -2.38. The molecule has 2 atom stereocenters. The first kappa shape index (κ1) is 12.6. The Bertz CT molecular complexity index is 344. The lowest BCUT2D eigenvalue weighted by Crippen LogP contribution is -2.54. The molecular weight excluding hydrogens is 208 g/mol. The number of hydrogen-bond donors (Lipinski definition) is 1. The highest BCUT2D eigenvalue weighted by Gasteiger charge is 2.23. The fraction of sp³-hybridized carbons (Fsp3) is 0.600. The molecule has 0 amide bonds. The van der Waals surface area contributed by atoms with E-state index in [0.29, 0.717) is 12.1 Å². The molecule has 1 fully saturated rings. The first-order valence-corrected chi connectivity index (χ1v) is 6.76. The van der Waals surface area contributed by atoms with Gasteiger partial charge in [-0.25, -0.2) is 0 Å². The topological polar surface area (TPSA) is 15.3 Å². The molecule has 0 aromatic heterocycles. The molecule has 1 aromatic carbocycles. The summed E-state index contributed by atoms with van der Waals surface area (Å²) in [5.74, 6) is 0. The minimum atomic E-state index is 0.596. The number of piperazine rings is 1. The summed E-state index contributed by atoms with van der Waals surface area (Å²) in [5, 5.41) is 3.52. The summed E-state index contributed by atoms with van der Waals surface area (Å²) in [5.41, 5.74) is 2.86. The van der Waals surface area contributed by atoms with Crippen LogP contribution in [0, 0.1) is 0 Å². The van der Waals surface area contributed by atoms with Crippen molar-refractivity contribution < 1.29 is 0 Å². The van der Waals surface area contributed by atoms with Crippen molar-refractivity contribution in [3.05, 3.63) is 35.4 Å². The zero-order valence-electron chi connectivity index (χ0n) is 11.2. The molecule has 1 heterocycles. The number of nitrogens with one attached hydrogen (secondary N) is 1. The van der Waals surface area contributed by atoms with E-state index < -0.39 is 0 Å². The molecule has 0 bridgehead atoms. The molecule has 2 heteroatoms. The van der Waals surface area contributed by atoms with Gasteiger partial charge in [-0.15, -0.1) is 0 Å². The Kier molecular flexibility index (Phi) is 4.19.